The summed E-state index contributed by atoms with van der Waals surface area (Å²) in [6, 6.07) is 20.3. The monoisotopic (exact) mass is 539 g/mol. The Morgan fingerprint density at radius 2 is 1.53 bits per heavy atom. The summed E-state index contributed by atoms with van der Waals surface area (Å²) in [5.74, 6) is -1.54. The minimum Gasteiger partial charge on any atom is -0.352 e. The van der Waals surface area contributed by atoms with E-state index in [1.165, 1.54) is 30.1 Å². The fourth-order valence-corrected chi connectivity index (χ4v) is 5.12. The number of aryl methyl sites for hydroxylation is 1. The van der Waals surface area contributed by atoms with Gasteiger partial charge in [0.05, 0.1) is 11.4 Å². The standard InChI is InChI=1S/C29H34FN3O4S/c1-21(2)31-29(35)27(18-23-10-6-5-7-11-23)33(19-24-12-8-9-13-26(24)30)28(34)20-32(4)38(36,37)25-16-14-22(3)15-17-25/h5-17,21,27H,18-20H2,1-4H3,(H,31,35). The Kier molecular flexibility index (Phi) is 9.77. The number of hydrogen-bond acceptors (Lipinski definition) is 4. The van der Waals surface area contributed by atoms with Crippen molar-refractivity contribution in [3.63, 3.8) is 0 Å². The molecule has 0 saturated heterocycles. The topological polar surface area (TPSA) is 86.8 Å². The van der Waals surface area contributed by atoms with Crippen LogP contribution in [0, 0.1) is 12.7 Å². The molecule has 2 amide bonds. The molecule has 0 spiro atoms. The molecule has 0 bridgehead atoms. The highest BCUT2D eigenvalue weighted by Gasteiger charge is 2.33. The molecule has 38 heavy (non-hydrogen) atoms. The molecule has 3 rings (SSSR count). The van der Waals surface area contributed by atoms with Gasteiger partial charge in [-0.05, 0) is 44.5 Å². The smallest absolute Gasteiger partial charge is 0.243 e. The van der Waals surface area contributed by atoms with Gasteiger partial charge in [-0.1, -0.05) is 66.2 Å². The first kappa shape index (κ1) is 29.0. The number of carbonyl (C=O) groups excluding carboxylic acids is 2. The third-order valence-electron chi connectivity index (χ3n) is 6.09. The van der Waals surface area contributed by atoms with Crippen LogP contribution in [0.2, 0.25) is 0 Å². The summed E-state index contributed by atoms with van der Waals surface area (Å²) in [5.41, 5.74) is 1.93. The van der Waals surface area contributed by atoms with Crippen LogP contribution < -0.4 is 5.32 Å². The van der Waals surface area contributed by atoms with Crippen LogP contribution in [0.3, 0.4) is 0 Å². The molecular weight excluding hydrogens is 505 g/mol. The van der Waals surface area contributed by atoms with Crippen LogP contribution in [0.5, 0.6) is 0 Å². The maximum atomic E-state index is 14.7. The van der Waals surface area contributed by atoms with Crippen molar-refractivity contribution in [3.05, 3.63) is 101 Å². The number of hydrogen-bond donors (Lipinski definition) is 1. The van der Waals surface area contributed by atoms with Crippen LogP contribution in [0.25, 0.3) is 0 Å². The summed E-state index contributed by atoms with van der Waals surface area (Å²) in [4.78, 5) is 28.4. The summed E-state index contributed by atoms with van der Waals surface area (Å²) < 4.78 is 42.0. The lowest BCUT2D eigenvalue weighted by Crippen LogP contribution is -2.54. The van der Waals surface area contributed by atoms with Crippen molar-refractivity contribution in [1.82, 2.24) is 14.5 Å². The molecule has 1 atom stereocenters. The van der Waals surface area contributed by atoms with Crippen LogP contribution in [-0.4, -0.2) is 55.1 Å². The fraction of sp³-hybridized carbons (Fsp3) is 0.310. The largest absolute Gasteiger partial charge is 0.352 e. The van der Waals surface area contributed by atoms with E-state index in [4.69, 9.17) is 0 Å². The average Bonchev–Trinajstić information content (AvgIpc) is 2.87. The van der Waals surface area contributed by atoms with E-state index >= 15 is 0 Å². The summed E-state index contributed by atoms with van der Waals surface area (Å²) in [6.45, 7) is 4.74. The number of likely N-dealkylation sites (N-methyl/N-ethyl adjacent to an activating group) is 1. The molecule has 1 unspecified atom stereocenters. The number of sulfonamides is 1. The van der Waals surface area contributed by atoms with Crippen molar-refractivity contribution in [2.75, 3.05) is 13.6 Å². The van der Waals surface area contributed by atoms with Gasteiger partial charge in [0.15, 0.2) is 0 Å². The molecule has 0 heterocycles. The van der Waals surface area contributed by atoms with Crippen molar-refractivity contribution < 1.29 is 22.4 Å². The van der Waals surface area contributed by atoms with Gasteiger partial charge in [0.2, 0.25) is 21.8 Å². The minimum atomic E-state index is -3.98. The molecule has 0 saturated carbocycles. The van der Waals surface area contributed by atoms with Gasteiger partial charge in [-0.15, -0.1) is 0 Å². The maximum absolute atomic E-state index is 14.7. The van der Waals surface area contributed by atoms with E-state index in [2.05, 4.69) is 5.32 Å². The highest BCUT2D eigenvalue weighted by Crippen LogP contribution is 2.19. The molecule has 0 aliphatic carbocycles. The van der Waals surface area contributed by atoms with E-state index in [9.17, 15) is 22.4 Å². The summed E-state index contributed by atoms with van der Waals surface area (Å²) in [6.07, 6.45) is 0.175. The summed E-state index contributed by atoms with van der Waals surface area (Å²) >= 11 is 0. The zero-order valence-electron chi connectivity index (χ0n) is 22.1. The van der Waals surface area contributed by atoms with Gasteiger partial charge in [0, 0.05) is 31.6 Å². The average molecular weight is 540 g/mol. The van der Waals surface area contributed by atoms with Gasteiger partial charge < -0.3 is 10.2 Å². The Bertz CT molecular complexity index is 1350. The zero-order valence-corrected chi connectivity index (χ0v) is 22.9. The van der Waals surface area contributed by atoms with E-state index in [0.717, 1.165) is 15.4 Å². The van der Waals surface area contributed by atoms with Crippen LogP contribution in [0.15, 0.2) is 83.8 Å². The second kappa shape index (κ2) is 12.8. The van der Waals surface area contributed by atoms with Gasteiger partial charge in [-0.25, -0.2) is 12.8 Å². The molecular formula is C29H34FN3O4S. The normalized spacial score (nSPS) is 12.4. The maximum Gasteiger partial charge on any atom is 0.243 e. The lowest BCUT2D eigenvalue weighted by Gasteiger charge is -2.33. The molecule has 9 heteroatoms. The second-order valence-corrected chi connectivity index (χ2v) is 11.6. The third kappa shape index (κ3) is 7.49. The van der Waals surface area contributed by atoms with Crippen molar-refractivity contribution >= 4 is 21.8 Å². The summed E-state index contributed by atoms with van der Waals surface area (Å²) in [5, 5.41) is 2.86. The highest BCUT2D eigenvalue weighted by atomic mass is 32.2. The van der Waals surface area contributed by atoms with Crippen LogP contribution >= 0.6 is 0 Å². The third-order valence-corrected chi connectivity index (χ3v) is 7.91. The Morgan fingerprint density at radius 1 is 0.921 bits per heavy atom. The molecule has 0 radical (unpaired) electrons. The predicted octanol–water partition coefficient (Wildman–Crippen LogP) is 3.92. The van der Waals surface area contributed by atoms with E-state index in [1.54, 1.807) is 30.3 Å². The van der Waals surface area contributed by atoms with E-state index < -0.39 is 40.2 Å². The van der Waals surface area contributed by atoms with Crippen molar-refractivity contribution in [3.8, 4) is 0 Å². The second-order valence-electron chi connectivity index (χ2n) is 9.56. The number of carbonyl (C=O) groups is 2. The van der Waals surface area contributed by atoms with Crippen molar-refractivity contribution in [1.29, 1.82) is 0 Å². The zero-order chi connectivity index (χ0) is 27.9. The molecule has 202 valence electrons. The molecule has 3 aromatic rings. The van der Waals surface area contributed by atoms with Crippen LogP contribution in [0.4, 0.5) is 4.39 Å². The predicted molar refractivity (Wildman–Crippen MR) is 145 cm³/mol. The van der Waals surface area contributed by atoms with Gasteiger partial charge in [-0.2, -0.15) is 4.31 Å². The first-order chi connectivity index (χ1) is 18.0. The number of halogens is 1. The van der Waals surface area contributed by atoms with Crippen molar-refractivity contribution in [2.45, 2.75) is 50.7 Å². The summed E-state index contributed by atoms with van der Waals surface area (Å²) in [7, 11) is -2.66. The molecule has 0 fully saturated rings. The highest BCUT2D eigenvalue weighted by molar-refractivity contribution is 7.89. The molecule has 7 nitrogen and oxygen atoms in total. The van der Waals surface area contributed by atoms with Gasteiger partial charge in [0.25, 0.3) is 0 Å². The van der Waals surface area contributed by atoms with E-state index in [1.807, 2.05) is 51.1 Å². The first-order valence-electron chi connectivity index (χ1n) is 12.4. The van der Waals surface area contributed by atoms with E-state index in [0.29, 0.717) is 0 Å². The number of amides is 2. The molecule has 0 aromatic heterocycles. The quantitative estimate of drug-likeness (QED) is 0.400. The lowest BCUT2D eigenvalue weighted by molar-refractivity contribution is -0.141. The molecule has 0 aliphatic rings. The van der Waals surface area contributed by atoms with Gasteiger partial charge in [-0.3, -0.25) is 9.59 Å². The van der Waals surface area contributed by atoms with Crippen LogP contribution in [-0.2, 0) is 32.6 Å². The molecule has 3 aromatic carbocycles. The number of benzene rings is 3. The SMILES string of the molecule is Cc1ccc(S(=O)(=O)N(C)CC(=O)N(Cc2ccccc2F)C(Cc2ccccc2)C(=O)NC(C)C)cc1. The number of nitrogens with zero attached hydrogens (tertiary/aromatic N) is 2. The first-order valence-corrected chi connectivity index (χ1v) is 13.8. The van der Waals surface area contributed by atoms with Crippen molar-refractivity contribution in [2.24, 2.45) is 0 Å². The minimum absolute atomic E-state index is 0.0532. The number of rotatable bonds is 11. The van der Waals surface area contributed by atoms with Crippen LogP contribution in [0.1, 0.15) is 30.5 Å². The Labute approximate surface area is 224 Å². The fourth-order valence-electron chi connectivity index (χ4n) is 4.00. The van der Waals surface area contributed by atoms with E-state index in [-0.39, 0.29) is 29.5 Å². The Hall–Kier alpha value is -3.56. The Morgan fingerprint density at radius 3 is 2.13 bits per heavy atom. The van der Waals surface area contributed by atoms with Gasteiger partial charge >= 0.3 is 0 Å². The molecule has 0 aliphatic heterocycles. The van der Waals surface area contributed by atoms with Gasteiger partial charge in [0.1, 0.15) is 11.9 Å². The Balaban J connectivity index is 1.98. The molecule has 1 N–H and O–H groups in total. The number of nitrogens with one attached hydrogen (secondary N) is 1. The lowest BCUT2D eigenvalue weighted by atomic mass is 10.0.